The van der Waals surface area contributed by atoms with Crippen molar-refractivity contribution in [1.82, 2.24) is 4.90 Å². The Morgan fingerprint density at radius 1 is 1.12 bits per heavy atom. The highest BCUT2D eigenvalue weighted by molar-refractivity contribution is 4.98. The number of hydrogen-bond donors (Lipinski definition) is 1. The summed E-state index contributed by atoms with van der Waals surface area (Å²) in [5, 5.41) is 0. The molecular weight excluding hydrogens is 200 g/mol. The van der Waals surface area contributed by atoms with Crippen LogP contribution < -0.4 is 5.73 Å². The quantitative estimate of drug-likeness (QED) is 0.763. The summed E-state index contributed by atoms with van der Waals surface area (Å²) < 4.78 is 5.67. The third-order valence-corrected chi connectivity index (χ3v) is 4.99. The van der Waals surface area contributed by atoms with Gasteiger partial charge in [-0.1, -0.05) is 0 Å². The average Bonchev–Trinajstić information content (AvgIpc) is 2.40. The Hall–Kier alpha value is -0.120. The van der Waals surface area contributed by atoms with E-state index in [1.54, 1.807) is 0 Å². The van der Waals surface area contributed by atoms with Gasteiger partial charge in [0.25, 0.3) is 0 Å². The Kier molecular flexibility index (Phi) is 3.18. The lowest BCUT2D eigenvalue weighted by atomic mass is 9.69. The molecular formula is C13H24N2O. The summed E-state index contributed by atoms with van der Waals surface area (Å²) in [6, 6.07) is 0.734. The van der Waals surface area contributed by atoms with Gasteiger partial charge in [0, 0.05) is 12.6 Å². The molecule has 0 radical (unpaired) electrons. The fourth-order valence-corrected chi connectivity index (χ4v) is 4.21. The Labute approximate surface area is 98.3 Å². The van der Waals surface area contributed by atoms with E-state index in [0.29, 0.717) is 0 Å². The van der Waals surface area contributed by atoms with Crippen LogP contribution in [0.25, 0.3) is 0 Å². The summed E-state index contributed by atoms with van der Waals surface area (Å²) in [7, 11) is 0. The van der Waals surface area contributed by atoms with Gasteiger partial charge in [-0.25, -0.2) is 0 Å². The molecule has 4 rings (SSSR count). The lowest BCUT2D eigenvalue weighted by Gasteiger charge is -2.54. The van der Waals surface area contributed by atoms with Gasteiger partial charge in [0.15, 0.2) is 0 Å². The molecule has 0 aromatic rings. The van der Waals surface area contributed by atoms with Gasteiger partial charge in [-0.3, -0.25) is 4.90 Å². The van der Waals surface area contributed by atoms with Crippen molar-refractivity contribution in [3.8, 4) is 0 Å². The number of ether oxygens (including phenoxy) is 1. The number of nitrogens with zero attached hydrogens (tertiary/aromatic N) is 1. The van der Waals surface area contributed by atoms with Crippen molar-refractivity contribution in [2.24, 2.45) is 23.5 Å². The molecule has 0 amide bonds. The monoisotopic (exact) mass is 224 g/mol. The zero-order chi connectivity index (χ0) is 11.0. The predicted molar refractivity (Wildman–Crippen MR) is 64.2 cm³/mol. The van der Waals surface area contributed by atoms with Gasteiger partial charge < -0.3 is 10.5 Å². The molecule has 92 valence electrons. The minimum absolute atomic E-state index is 0.734. The van der Waals surface area contributed by atoms with Crippen LogP contribution in [0, 0.1) is 17.8 Å². The first-order valence-electron chi connectivity index (χ1n) is 6.92. The lowest BCUT2D eigenvalue weighted by Crippen LogP contribution is -2.60. The van der Waals surface area contributed by atoms with E-state index in [4.69, 9.17) is 10.5 Å². The zero-order valence-corrected chi connectivity index (χ0v) is 10.1. The van der Waals surface area contributed by atoms with E-state index < -0.39 is 0 Å². The second kappa shape index (κ2) is 4.63. The normalized spacial score (nSPS) is 48.2. The van der Waals surface area contributed by atoms with E-state index in [1.807, 2.05) is 0 Å². The Balaban J connectivity index is 1.75. The maximum atomic E-state index is 6.02. The van der Waals surface area contributed by atoms with E-state index in [-0.39, 0.29) is 0 Å². The molecule has 0 aromatic carbocycles. The van der Waals surface area contributed by atoms with Crippen LogP contribution in [0.4, 0.5) is 0 Å². The van der Waals surface area contributed by atoms with Crippen LogP contribution in [0.15, 0.2) is 0 Å². The maximum Gasteiger partial charge on any atom is 0.0509 e. The first-order chi connectivity index (χ1) is 7.90. The molecule has 3 atom stereocenters. The fraction of sp³-hybridized carbons (Fsp3) is 1.00. The standard InChI is InChI=1S/C13H24N2O/c14-8-12-10-3-5-15(6-4-10)13(12)11-2-1-7-16-9-11/h10-13H,1-9,14H2. The number of hydrogen-bond acceptors (Lipinski definition) is 3. The molecule has 4 heterocycles. The topological polar surface area (TPSA) is 38.5 Å². The van der Waals surface area contributed by atoms with Crippen molar-refractivity contribution >= 4 is 0 Å². The second-order valence-corrected chi connectivity index (χ2v) is 5.74. The van der Waals surface area contributed by atoms with Crippen molar-refractivity contribution < 1.29 is 4.74 Å². The minimum atomic E-state index is 0.734. The smallest absolute Gasteiger partial charge is 0.0509 e. The van der Waals surface area contributed by atoms with E-state index in [9.17, 15) is 0 Å². The lowest BCUT2D eigenvalue weighted by molar-refractivity contribution is -0.0713. The molecule has 0 spiro atoms. The van der Waals surface area contributed by atoms with Crippen molar-refractivity contribution in [2.75, 3.05) is 32.8 Å². The molecule has 3 unspecified atom stereocenters. The van der Waals surface area contributed by atoms with Crippen LogP contribution in [0.1, 0.15) is 25.7 Å². The molecule has 4 fully saturated rings. The molecule has 2 bridgehead atoms. The molecule has 0 saturated carbocycles. The number of piperidine rings is 3. The molecule has 2 N–H and O–H groups in total. The third kappa shape index (κ3) is 1.79. The SMILES string of the molecule is NCC1C2CCN(CC2)C1C1CCCOC1. The molecule has 4 saturated heterocycles. The summed E-state index contributed by atoms with van der Waals surface area (Å²) in [6.07, 6.45) is 5.36. The summed E-state index contributed by atoms with van der Waals surface area (Å²) in [5.41, 5.74) is 6.02. The third-order valence-electron chi connectivity index (χ3n) is 4.99. The van der Waals surface area contributed by atoms with Crippen molar-refractivity contribution in [1.29, 1.82) is 0 Å². The van der Waals surface area contributed by atoms with Crippen LogP contribution in [-0.4, -0.2) is 43.8 Å². The Morgan fingerprint density at radius 3 is 2.56 bits per heavy atom. The molecule has 4 aliphatic rings. The van der Waals surface area contributed by atoms with E-state index in [1.165, 1.54) is 38.8 Å². The van der Waals surface area contributed by atoms with Gasteiger partial charge in [-0.15, -0.1) is 0 Å². The molecule has 4 aliphatic heterocycles. The first-order valence-corrected chi connectivity index (χ1v) is 6.92. The average molecular weight is 224 g/mol. The number of rotatable bonds is 2. The highest BCUT2D eigenvalue weighted by Crippen LogP contribution is 2.41. The molecule has 3 nitrogen and oxygen atoms in total. The van der Waals surface area contributed by atoms with Crippen LogP contribution >= 0.6 is 0 Å². The van der Waals surface area contributed by atoms with Crippen molar-refractivity contribution in [3.63, 3.8) is 0 Å². The minimum Gasteiger partial charge on any atom is -0.381 e. The Bertz CT molecular complexity index is 232. The summed E-state index contributed by atoms with van der Waals surface area (Å²) in [4.78, 5) is 2.71. The van der Waals surface area contributed by atoms with Crippen LogP contribution in [0.2, 0.25) is 0 Å². The van der Waals surface area contributed by atoms with Gasteiger partial charge in [0.1, 0.15) is 0 Å². The molecule has 0 aromatic heterocycles. The van der Waals surface area contributed by atoms with E-state index in [0.717, 1.165) is 43.6 Å². The van der Waals surface area contributed by atoms with Gasteiger partial charge in [-0.2, -0.15) is 0 Å². The largest absolute Gasteiger partial charge is 0.381 e. The first kappa shape index (κ1) is 11.0. The highest BCUT2D eigenvalue weighted by atomic mass is 16.5. The van der Waals surface area contributed by atoms with Crippen LogP contribution in [-0.2, 0) is 4.74 Å². The van der Waals surface area contributed by atoms with Gasteiger partial charge in [0.2, 0.25) is 0 Å². The summed E-state index contributed by atoms with van der Waals surface area (Å²) in [5.74, 6) is 2.40. The van der Waals surface area contributed by atoms with Crippen molar-refractivity contribution in [2.45, 2.75) is 31.7 Å². The zero-order valence-electron chi connectivity index (χ0n) is 10.1. The van der Waals surface area contributed by atoms with Gasteiger partial charge in [0.05, 0.1) is 6.61 Å². The Morgan fingerprint density at radius 2 is 1.94 bits per heavy atom. The fourth-order valence-electron chi connectivity index (χ4n) is 4.21. The highest BCUT2D eigenvalue weighted by Gasteiger charge is 2.44. The maximum absolute atomic E-state index is 6.02. The summed E-state index contributed by atoms with van der Waals surface area (Å²) in [6.45, 7) is 5.44. The van der Waals surface area contributed by atoms with Gasteiger partial charge in [-0.05, 0) is 63.1 Å². The van der Waals surface area contributed by atoms with Crippen molar-refractivity contribution in [3.05, 3.63) is 0 Å². The summed E-state index contributed by atoms with van der Waals surface area (Å²) >= 11 is 0. The van der Waals surface area contributed by atoms with E-state index in [2.05, 4.69) is 4.90 Å². The molecule has 0 aliphatic carbocycles. The van der Waals surface area contributed by atoms with Crippen LogP contribution in [0.3, 0.4) is 0 Å². The number of nitrogens with two attached hydrogens (primary N) is 1. The number of fused-ring (bicyclic) bond motifs is 3. The second-order valence-electron chi connectivity index (χ2n) is 5.74. The predicted octanol–water partition coefficient (Wildman–Crippen LogP) is 1.08. The molecule has 3 heteroatoms. The van der Waals surface area contributed by atoms with E-state index >= 15 is 0 Å². The van der Waals surface area contributed by atoms with Crippen LogP contribution in [0.5, 0.6) is 0 Å². The van der Waals surface area contributed by atoms with Gasteiger partial charge >= 0.3 is 0 Å². The molecule has 16 heavy (non-hydrogen) atoms.